The van der Waals surface area contributed by atoms with Crippen molar-refractivity contribution in [3.05, 3.63) is 36.2 Å². The summed E-state index contributed by atoms with van der Waals surface area (Å²) >= 11 is 0. The van der Waals surface area contributed by atoms with Crippen LogP contribution in [0.15, 0.2) is 30.5 Å². The lowest BCUT2D eigenvalue weighted by Gasteiger charge is -2.09. The molecule has 4 nitrogen and oxygen atoms in total. The molecule has 0 fully saturated rings. The predicted octanol–water partition coefficient (Wildman–Crippen LogP) is 3.37. The van der Waals surface area contributed by atoms with Gasteiger partial charge in [0.25, 0.3) is 0 Å². The molecule has 19 heavy (non-hydrogen) atoms. The fourth-order valence-electron chi connectivity index (χ4n) is 1.83. The zero-order valence-electron chi connectivity index (χ0n) is 11.8. The molecular weight excluding hydrogens is 238 g/mol. The standard InChI is InChI=1S/C15H21N3O/c1-4-7-19-14-9-12(16)8-13(10-14)18-6-5-15(17-18)11(2)3/h5-6,8-11H,4,7,16H2,1-3H3. The van der Waals surface area contributed by atoms with Gasteiger partial charge in [0.15, 0.2) is 0 Å². The molecule has 0 radical (unpaired) electrons. The second-order valence-corrected chi connectivity index (χ2v) is 4.95. The van der Waals surface area contributed by atoms with Gasteiger partial charge >= 0.3 is 0 Å². The maximum absolute atomic E-state index is 5.91. The summed E-state index contributed by atoms with van der Waals surface area (Å²) in [5, 5.41) is 4.55. The SMILES string of the molecule is CCCOc1cc(N)cc(-n2ccc(C(C)C)n2)c1. The highest BCUT2D eigenvalue weighted by molar-refractivity contribution is 5.53. The number of nitrogens with two attached hydrogens (primary N) is 1. The Morgan fingerprint density at radius 1 is 1.32 bits per heavy atom. The summed E-state index contributed by atoms with van der Waals surface area (Å²) < 4.78 is 7.47. The average Bonchev–Trinajstić information content (AvgIpc) is 2.85. The van der Waals surface area contributed by atoms with Crippen LogP contribution in [0.4, 0.5) is 5.69 Å². The molecule has 0 unspecified atom stereocenters. The molecule has 0 aliphatic heterocycles. The molecule has 0 bridgehead atoms. The van der Waals surface area contributed by atoms with Crippen molar-refractivity contribution in [1.29, 1.82) is 0 Å². The van der Waals surface area contributed by atoms with Gasteiger partial charge in [0.05, 0.1) is 18.0 Å². The van der Waals surface area contributed by atoms with E-state index in [1.165, 1.54) is 0 Å². The highest BCUT2D eigenvalue weighted by Crippen LogP contribution is 2.22. The Hall–Kier alpha value is -1.97. The average molecular weight is 259 g/mol. The molecule has 102 valence electrons. The molecule has 1 aromatic carbocycles. The lowest BCUT2D eigenvalue weighted by atomic mass is 10.1. The Balaban J connectivity index is 2.29. The smallest absolute Gasteiger partial charge is 0.123 e. The van der Waals surface area contributed by atoms with Crippen molar-refractivity contribution < 1.29 is 4.74 Å². The van der Waals surface area contributed by atoms with E-state index >= 15 is 0 Å². The molecule has 0 saturated heterocycles. The van der Waals surface area contributed by atoms with Gasteiger partial charge in [-0.25, -0.2) is 4.68 Å². The van der Waals surface area contributed by atoms with Crippen LogP contribution in [0.5, 0.6) is 5.75 Å². The van der Waals surface area contributed by atoms with Crippen LogP contribution < -0.4 is 10.5 Å². The highest BCUT2D eigenvalue weighted by atomic mass is 16.5. The van der Waals surface area contributed by atoms with Gasteiger partial charge in [-0.15, -0.1) is 0 Å². The normalized spacial score (nSPS) is 10.9. The Labute approximate surface area is 114 Å². The fourth-order valence-corrected chi connectivity index (χ4v) is 1.83. The first-order chi connectivity index (χ1) is 9.10. The van der Waals surface area contributed by atoms with E-state index in [0.29, 0.717) is 18.2 Å². The monoisotopic (exact) mass is 259 g/mol. The van der Waals surface area contributed by atoms with Crippen molar-refractivity contribution in [2.24, 2.45) is 0 Å². The Morgan fingerprint density at radius 2 is 2.11 bits per heavy atom. The molecule has 2 rings (SSSR count). The van der Waals surface area contributed by atoms with E-state index in [1.54, 1.807) is 0 Å². The zero-order valence-corrected chi connectivity index (χ0v) is 11.8. The van der Waals surface area contributed by atoms with E-state index in [4.69, 9.17) is 10.5 Å². The van der Waals surface area contributed by atoms with Gasteiger partial charge in [0.1, 0.15) is 5.75 Å². The molecule has 2 aromatic rings. The van der Waals surface area contributed by atoms with Gasteiger partial charge < -0.3 is 10.5 Å². The first-order valence-electron chi connectivity index (χ1n) is 6.69. The van der Waals surface area contributed by atoms with Crippen molar-refractivity contribution in [1.82, 2.24) is 9.78 Å². The summed E-state index contributed by atoms with van der Waals surface area (Å²) in [5.41, 5.74) is 8.60. The molecular formula is C15H21N3O. The van der Waals surface area contributed by atoms with Crippen LogP contribution in [0, 0.1) is 0 Å². The van der Waals surface area contributed by atoms with E-state index in [9.17, 15) is 0 Å². The summed E-state index contributed by atoms with van der Waals surface area (Å²) in [5.74, 6) is 1.21. The van der Waals surface area contributed by atoms with Crippen molar-refractivity contribution in [3.63, 3.8) is 0 Å². The minimum atomic E-state index is 0.415. The molecule has 1 heterocycles. The minimum absolute atomic E-state index is 0.415. The first-order valence-corrected chi connectivity index (χ1v) is 6.69. The van der Waals surface area contributed by atoms with Gasteiger partial charge in [-0.1, -0.05) is 20.8 Å². The van der Waals surface area contributed by atoms with E-state index in [2.05, 4.69) is 25.9 Å². The number of ether oxygens (including phenoxy) is 1. The van der Waals surface area contributed by atoms with Gasteiger partial charge in [-0.3, -0.25) is 0 Å². The maximum atomic E-state index is 5.91. The van der Waals surface area contributed by atoms with Gasteiger partial charge in [0.2, 0.25) is 0 Å². The van der Waals surface area contributed by atoms with Crippen LogP contribution >= 0.6 is 0 Å². The topological polar surface area (TPSA) is 53.1 Å². The lowest BCUT2D eigenvalue weighted by Crippen LogP contribution is -2.01. The third-order valence-corrected chi connectivity index (χ3v) is 2.85. The Bertz CT molecular complexity index is 546. The van der Waals surface area contributed by atoms with Crippen LogP contribution in [0.25, 0.3) is 5.69 Å². The second-order valence-electron chi connectivity index (χ2n) is 4.95. The number of nitrogens with zero attached hydrogens (tertiary/aromatic N) is 2. The summed E-state index contributed by atoms with van der Waals surface area (Å²) in [4.78, 5) is 0. The van der Waals surface area contributed by atoms with Crippen molar-refractivity contribution >= 4 is 5.69 Å². The van der Waals surface area contributed by atoms with E-state index in [-0.39, 0.29) is 0 Å². The quantitative estimate of drug-likeness (QED) is 0.838. The molecule has 0 atom stereocenters. The predicted molar refractivity (Wildman–Crippen MR) is 77.9 cm³/mol. The lowest BCUT2D eigenvalue weighted by molar-refractivity contribution is 0.317. The first kappa shape index (κ1) is 13.5. The van der Waals surface area contributed by atoms with E-state index < -0.39 is 0 Å². The third-order valence-electron chi connectivity index (χ3n) is 2.85. The number of rotatable bonds is 5. The number of benzene rings is 1. The minimum Gasteiger partial charge on any atom is -0.493 e. The van der Waals surface area contributed by atoms with Gasteiger partial charge in [0, 0.05) is 24.0 Å². The summed E-state index contributed by atoms with van der Waals surface area (Å²) in [6, 6.07) is 7.73. The number of hydrogen-bond donors (Lipinski definition) is 1. The number of anilines is 1. The Morgan fingerprint density at radius 3 is 2.74 bits per heavy atom. The maximum Gasteiger partial charge on any atom is 0.123 e. The second kappa shape index (κ2) is 5.78. The molecule has 4 heteroatoms. The van der Waals surface area contributed by atoms with E-state index in [1.807, 2.05) is 35.1 Å². The third kappa shape index (κ3) is 3.28. The summed E-state index contributed by atoms with van der Waals surface area (Å²) in [6.45, 7) is 7.03. The van der Waals surface area contributed by atoms with Crippen LogP contribution in [-0.2, 0) is 0 Å². The van der Waals surface area contributed by atoms with Crippen molar-refractivity contribution in [2.45, 2.75) is 33.1 Å². The van der Waals surface area contributed by atoms with E-state index in [0.717, 1.165) is 23.6 Å². The number of hydrogen-bond acceptors (Lipinski definition) is 3. The largest absolute Gasteiger partial charge is 0.493 e. The Kier molecular flexibility index (Phi) is 4.10. The molecule has 2 N–H and O–H groups in total. The molecule has 1 aromatic heterocycles. The van der Waals surface area contributed by atoms with Crippen molar-refractivity contribution in [3.8, 4) is 11.4 Å². The number of aromatic nitrogens is 2. The summed E-state index contributed by atoms with van der Waals surface area (Å²) in [6.07, 6.45) is 2.93. The van der Waals surface area contributed by atoms with Crippen LogP contribution in [0.3, 0.4) is 0 Å². The highest BCUT2D eigenvalue weighted by Gasteiger charge is 2.07. The molecule has 0 amide bonds. The molecule has 0 aliphatic carbocycles. The zero-order chi connectivity index (χ0) is 13.8. The van der Waals surface area contributed by atoms with Gasteiger partial charge in [-0.05, 0) is 24.5 Å². The molecule has 0 saturated carbocycles. The summed E-state index contributed by atoms with van der Waals surface area (Å²) in [7, 11) is 0. The van der Waals surface area contributed by atoms with Crippen LogP contribution in [0.2, 0.25) is 0 Å². The van der Waals surface area contributed by atoms with Gasteiger partial charge in [-0.2, -0.15) is 5.10 Å². The molecule has 0 spiro atoms. The van der Waals surface area contributed by atoms with Crippen molar-refractivity contribution in [2.75, 3.05) is 12.3 Å². The number of nitrogen functional groups attached to an aromatic ring is 1. The van der Waals surface area contributed by atoms with Crippen LogP contribution in [-0.4, -0.2) is 16.4 Å². The van der Waals surface area contributed by atoms with Crippen LogP contribution in [0.1, 0.15) is 38.8 Å². The molecule has 0 aliphatic rings. The fraction of sp³-hybridized carbons (Fsp3) is 0.400.